The Labute approximate surface area is 256 Å². The number of esters is 1. The number of carbonyl (C=O) groups excluding carboxylic acids is 1. The van der Waals surface area contributed by atoms with Crippen LogP contribution in [0.15, 0.2) is 51.9 Å². The number of carbonyl (C=O) groups is 1. The fourth-order valence-corrected chi connectivity index (χ4v) is 6.14. The lowest BCUT2D eigenvalue weighted by Gasteiger charge is -2.23. The maximum Gasteiger partial charge on any atom is 0.337 e. The van der Waals surface area contributed by atoms with Crippen LogP contribution in [-0.4, -0.2) is 43.6 Å². The van der Waals surface area contributed by atoms with Gasteiger partial charge < -0.3 is 23.7 Å². The van der Waals surface area contributed by atoms with Gasteiger partial charge in [-0.2, -0.15) is 0 Å². The SMILES string of the molecule is CCOc1ccc([C@@H]2C(C(=O)OC)=CN=c3s/c(=C/c4cc(I)c(OC(C)C)c(OCC)c4)c(=O)n32)cc1OCC. The second-order valence-corrected chi connectivity index (χ2v) is 11.3. The van der Waals surface area contributed by atoms with Crippen molar-refractivity contribution in [1.29, 1.82) is 0 Å². The first kappa shape index (κ1) is 30.6. The van der Waals surface area contributed by atoms with Gasteiger partial charge >= 0.3 is 5.97 Å². The number of benzene rings is 2. The number of aromatic nitrogens is 1. The maximum atomic E-state index is 13.9. The van der Waals surface area contributed by atoms with Gasteiger partial charge in [0.25, 0.3) is 5.56 Å². The van der Waals surface area contributed by atoms with E-state index in [0.29, 0.717) is 57.7 Å². The monoisotopic (exact) mass is 692 g/mol. The van der Waals surface area contributed by atoms with Crippen molar-refractivity contribution in [1.82, 2.24) is 4.57 Å². The van der Waals surface area contributed by atoms with E-state index in [1.165, 1.54) is 29.2 Å². The zero-order valence-electron chi connectivity index (χ0n) is 23.9. The Balaban J connectivity index is 1.88. The Morgan fingerprint density at radius 2 is 1.73 bits per heavy atom. The molecule has 218 valence electrons. The van der Waals surface area contributed by atoms with Crippen molar-refractivity contribution in [3.63, 3.8) is 0 Å². The van der Waals surface area contributed by atoms with Crippen LogP contribution in [0.5, 0.6) is 23.0 Å². The fraction of sp³-hybridized carbons (Fsp3) is 0.367. The molecule has 0 saturated carbocycles. The molecular formula is C30H33IN2O7S. The molecule has 3 aromatic rings. The number of ether oxygens (including phenoxy) is 5. The van der Waals surface area contributed by atoms with E-state index in [-0.39, 0.29) is 17.2 Å². The zero-order chi connectivity index (χ0) is 29.7. The van der Waals surface area contributed by atoms with Crippen LogP contribution in [0.1, 0.15) is 51.8 Å². The van der Waals surface area contributed by atoms with Crippen LogP contribution in [0.4, 0.5) is 0 Å². The molecule has 0 aliphatic carbocycles. The average Bonchev–Trinajstić information content (AvgIpc) is 3.25. The van der Waals surface area contributed by atoms with Gasteiger partial charge in [0.05, 0.1) is 52.8 Å². The van der Waals surface area contributed by atoms with Gasteiger partial charge in [-0.15, -0.1) is 0 Å². The summed E-state index contributed by atoms with van der Waals surface area (Å²) in [5.74, 6) is 1.81. The molecule has 1 aromatic heterocycles. The maximum absolute atomic E-state index is 13.9. The second kappa shape index (κ2) is 13.6. The lowest BCUT2D eigenvalue weighted by Crippen LogP contribution is -2.39. The molecule has 2 heterocycles. The summed E-state index contributed by atoms with van der Waals surface area (Å²) in [4.78, 5) is 31.7. The van der Waals surface area contributed by atoms with Crippen LogP contribution >= 0.6 is 33.9 Å². The third-order valence-corrected chi connectivity index (χ3v) is 7.79. The molecule has 11 heteroatoms. The largest absolute Gasteiger partial charge is 0.490 e. The minimum Gasteiger partial charge on any atom is -0.490 e. The molecule has 1 aliphatic rings. The number of nitrogens with zero attached hydrogens (tertiary/aromatic N) is 2. The van der Waals surface area contributed by atoms with Crippen molar-refractivity contribution in [3.8, 4) is 23.0 Å². The minimum atomic E-state index is -0.767. The number of rotatable bonds is 11. The van der Waals surface area contributed by atoms with Gasteiger partial charge in [0, 0.05) is 6.20 Å². The number of hydrogen-bond donors (Lipinski definition) is 0. The van der Waals surface area contributed by atoms with Crippen molar-refractivity contribution in [3.05, 3.63) is 76.5 Å². The first-order chi connectivity index (χ1) is 19.7. The Kier molecular flexibility index (Phi) is 10.1. The minimum absolute atomic E-state index is 0.0212. The Morgan fingerprint density at radius 1 is 1.05 bits per heavy atom. The number of methoxy groups -OCH3 is 1. The van der Waals surface area contributed by atoms with Crippen LogP contribution in [0.3, 0.4) is 0 Å². The van der Waals surface area contributed by atoms with Crippen molar-refractivity contribution in [2.45, 2.75) is 46.8 Å². The van der Waals surface area contributed by atoms with E-state index in [0.717, 1.165) is 9.13 Å². The van der Waals surface area contributed by atoms with Gasteiger partial charge in [-0.3, -0.25) is 9.36 Å². The molecule has 9 nitrogen and oxygen atoms in total. The fourth-order valence-electron chi connectivity index (χ4n) is 4.42. The van der Waals surface area contributed by atoms with Crippen LogP contribution in [-0.2, 0) is 9.53 Å². The van der Waals surface area contributed by atoms with Crippen molar-refractivity contribution in [2.75, 3.05) is 26.9 Å². The topological polar surface area (TPSA) is 97.6 Å². The third kappa shape index (κ3) is 6.61. The van der Waals surface area contributed by atoms with Gasteiger partial charge in [-0.25, -0.2) is 9.79 Å². The number of fused-ring (bicyclic) bond motifs is 1. The van der Waals surface area contributed by atoms with E-state index in [2.05, 4.69) is 27.6 Å². The van der Waals surface area contributed by atoms with Gasteiger partial charge in [0.2, 0.25) is 0 Å². The Bertz CT molecular complexity index is 1640. The predicted molar refractivity (Wildman–Crippen MR) is 166 cm³/mol. The highest BCUT2D eigenvalue weighted by Gasteiger charge is 2.31. The second-order valence-electron chi connectivity index (χ2n) is 9.18. The zero-order valence-corrected chi connectivity index (χ0v) is 26.8. The standard InChI is InChI=1S/C30H33IN2O7S/c1-7-37-22-11-10-19(15-23(22)38-8-2)26-20(29(35)36-6)16-32-30-33(26)28(34)25(41-30)14-18-12-21(31)27(40-17(4)5)24(13-18)39-9-3/h10-17,26H,7-9H2,1-6H3/b25-14+/t26-/m1/s1. The normalized spacial score (nSPS) is 14.7. The quantitative estimate of drug-likeness (QED) is 0.214. The average molecular weight is 693 g/mol. The first-order valence-corrected chi connectivity index (χ1v) is 15.2. The summed E-state index contributed by atoms with van der Waals surface area (Å²) in [5.41, 5.74) is 1.40. The molecule has 41 heavy (non-hydrogen) atoms. The molecule has 0 saturated heterocycles. The summed E-state index contributed by atoms with van der Waals surface area (Å²) < 4.78 is 31.3. The molecule has 0 spiro atoms. The molecule has 0 unspecified atom stereocenters. The van der Waals surface area contributed by atoms with Crippen LogP contribution < -0.4 is 33.8 Å². The number of halogens is 1. The lowest BCUT2D eigenvalue weighted by atomic mass is 9.97. The van der Waals surface area contributed by atoms with Crippen LogP contribution in [0.25, 0.3) is 6.08 Å². The summed E-state index contributed by atoms with van der Waals surface area (Å²) in [7, 11) is 1.30. The molecule has 1 atom stereocenters. The van der Waals surface area contributed by atoms with E-state index in [4.69, 9.17) is 23.7 Å². The predicted octanol–water partition coefficient (Wildman–Crippen LogP) is 4.61. The van der Waals surface area contributed by atoms with Gasteiger partial charge in [0.15, 0.2) is 27.8 Å². The molecule has 0 radical (unpaired) electrons. The highest BCUT2D eigenvalue weighted by molar-refractivity contribution is 14.1. The van der Waals surface area contributed by atoms with Gasteiger partial charge in [-0.05, 0) is 98.7 Å². The molecular weight excluding hydrogens is 659 g/mol. The molecule has 0 N–H and O–H groups in total. The molecule has 1 aliphatic heterocycles. The van der Waals surface area contributed by atoms with E-state index >= 15 is 0 Å². The molecule has 0 amide bonds. The van der Waals surface area contributed by atoms with Crippen molar-refractivity contribution >= 4 is 46.0 Å². The number of thiazole rings is 1. The summed E-state index contributed by atoms with van der Waals surface area (Å²) in [5, 5.41) is 0. The van der Waals surface area contributed by atoms with E-state index < -0.39 is 12.0 Å². The van der Waals surface area contributed by atoms with Crippen molar-refractivity contribution in [2.24, 2.45) is 4.99 Å². The molecule has 2 aromatic carbocycles. The summed E-state index contributed by atoms with van der Waals surface area (Å²) in [6, 6.07) is 8.44. The molecule has 0 bridgehead atoms. The first-order valence-electron chi connectivity index (χ1n) is 13.3. The lowest BCUT2D eigenvalue weighted by molar-refractivity contribution is -0.136. The number of hydrogen-bond acceptors (Lipinski definition) is 9. The summed E-state index contributed by atoms with van der Waals surface area (Å²) in [6.45, 7) is 11.0. The molecule has 4 rings (SSSR count). The third-order valence-electron chi connectivity index (χ3n) is 5.99. The highest BCUT2D eigenvalue weighted by atomic mass is 127. The summed E-state index contributed by atoms with van der Waals surface area (Å²) in [6.07, 6.45) is 3.25. The van der Waals surface area contributed by atoms with Gasteiger partial charge in [0.1, 0.15) is 0 Å². The van der Waals surface area contributed by atoms with Crippen LogP contribution in [0, 0.1) is 3.57 Å². The Hall–Kier alpha value is -3.32. The Morgan fingerprint density at radius 3 is 2.39 bits per heavy atom. The van der Waals surface area contributed by atoms with Gasteiger partial charge in [-0.1, -0.05) is 17.4 Å². The highest BCUT2D eigenvalue weighted by Crippen LogP contribution is 2.36. The van der Waals surface area contributed by atoms with E-state index in [1.54, 1.807) is 18.2 Å². The van der Waals surface area contributed by atoms with E-state index in [1.807, 2.05) is 52.8 Å². The summed E-state index contributed by atoms with van der Waals surface area (Å²) >= 11 is 3.45. The molecule has 0 fully saturated rings. The smallest absolute Gasteiger partial charge is 0.337 e. The van der Waals surface area contributed by atoms with E-state index in [9.17, 15) is 9.59 Å². The van der Waals surface area contributed by atoms with Crippen LogP contribution in [0.2, 0.25) is 0 Å². The van der Waals surface area contributed by atoms with Crippen molar-refractivity contribution < 1.29 is 28.5 Å².